The molecule has 1 heterocycles. The van der Waals surface area contributed by atoms with E-state index in [-0.39, 0.29) is 12.1 Å². The first-order valence-corrected chi connectivity index (χ1v) is 5.61. The highest BCUT2D eigenvalue weighted by atomic mass is 16.5. The van der Waals surface area contributed by atoms with E-state index in [1.807, 2.05) is 25.7 Å². The third-order valence-electron chi connectivity index (χ3n) is 2.26. The topological polar surface area (TPSA) is 36.3 Å². The Morgan fingerprint density at radius 1 is 1.20 bits per heavy atom. The Kier molecular flexibility index (Phi) is 4.48. The van der Waals surface area contributed by atoms with Gasteiger partial charge in [0.1, 0.15) is 0 Å². The predicted molar refractivity (Wildman–Crippen MR) is 61.7 cm³/mol. The van der Waals surface area contributed by atoms with E-state index in [0.29, 0.717) is 5.92 Å². The molecule has 0 amide bonds. The lowest BCUT2D eigenvalue weighted by Crippen LogP contribution is -2.31. The van der Waals surface area contributed by atoms with E-state index in [2.05, 4.69) is 11.8 Å². The maximum absolute atomic E-state index is 7.74. The van der Waals surface area contributed by atoms with Gasteiger partial charge in [0.2, 0.25) is 0 Å². The quantitative estimate of drug-likeness (QED) is 0.407. The van der Waals surface area contributed by atoms with Crippen molar-refractivity contribution in [3.05, 3.63) is 0 Å². The van der Waals surface area contributed by atoms with Gasteiger partial charge in [-0.3, -0.25) is 5.41 Å². The summed E-state index contributed by atoms with van der Waals surface area (Å²) in [5, 5.41) is 7.74. The van der Waals surface area contributed by atoms with Gasteiger partial charge in [0.15, 0.2) is 6.10 Å². The Bertz CT molecular complexity index is 269. The fourth-order valence-corrected chi connectivity index (χ4v) is 1.48. The average molecular weight is 208 g/mol. The summed E-state index contributed by atoms with van der Waals surface area (Å²) < 4.78 is 5.42. The van der Waals surface area contributed by atoms with Gasteiger partial charge < -0.3 is 9.64 Å². The van der Waals surface area contributed by atoms with Crippen LogP contribution < -0.4 is 0 Å². The van der Waals surface area contributed by atoms with E-state index in [1.165, 1.54) is 0 Å². The molecule has 0 aromatic carbocycles. The molecule has 1 unspecified atom stereocenters. The van der Waals surface area contributed by atoms with Crippen molar-refractivity contribution in [2.24, 2.45) is 5.92 Å². The molecule has 0 aromatic heterocycles. The molecule has 1 N–H and O–H groups in total. The zero-order valence-corrected chi connectivity index (χ0v) is 9.84. The SMILES string of the molecule is CC(C)C#CC(C)OC(=N)N1CCCC1. The van der Waals surface area contributed by atoms with Crippen LogP contribution in [0.3, 0.4) is 0 Å². The van der Waals surface area contributed by atoms with Crippen molar-refractivity contribution in [1.29, 1.82) is 5.41 Å². The Hall–Kier alpha value is -1.17. The standard InChI is InChI=1S/C12H20N2O/c1-10(2)6-7-11(3)15-12(13)14-8-4-5-9-14/h10-11,13H,4-5,8-9H2,1-3H3. The zero-order chi connectivity index (χ0) is 11.3. The first-order valence-electron chi connectivity index (χ1n) is 5.61. The number of nitrogens with one attached hydrogen (secondary N) is 1. The van der Waals surface area contributed by atoms with E-state index < -0.39 is 0 Å². The molecule has 84 valence electrons. The van der Waals surface area contributed by atoms with Crippen LogP contribution >= 0.6 is 0 Å². The monoisotopic (exact) mass is 208 g/mol. The van der Waals surface area contributed by atoms with Crippen LogP contribution in [0.4, 0.5) is 0 Å². The van der Waals surface area contributed by atoms with Crippen LogP contribution in [0.2, 0.25) is 0 Å². The van der Waals surface area contributed by atoms with Crippen LogP contribution in [-0.2, 0) is 4.74 Å². The van der Waals surface area contributed by atoms with Crippen LogP contribution in [-0.4, -0.2) is 30.1 Å². The van der Waals surface area contributed by atoms with Crippen molar-refractivity contribution < 1.29 is 4.74 Å². The number of hydrogen-bond acceptors (Lipinski definition) is 2. The van der Waals surface area contributed by atoms with Gasteiger partial charge in [0, 0.05) is 19.0 Å². The van der Waals surface area contributed by atoms with Gasteiger partial charge in [-0.05, 0) is 19.8 Å². The van der Waals surface area contributed by atoms with Gasteiger partial charge in [0.25, 0.3) is 6.02 Å². The molecule has 0 aromatic rings. The number of nitrogens with zero attached hydrogens (tertiary/aromatic N) is 1. The summed E-state index contributed by atoms with van der Waals surface area (Å²) in [6, 6.07) is 0.276. The van der Waals surface area contributed by atoms with Crippen LogP contribution in [0.25, 0.3) is 0 Å². The van der Waals surface area contributed by atoms with Gasteiger partial charge in [-0.1, -0.05) is 25.7 Å². The normalized spacial score (nSPS) is 17.2. The maximum Gasteiger partial charge on any atom is 0.285 e. The van der Waals surface area contributed by atoms with Crippen LogP contribution in [0.1, 0.15) is 33.6 Å². The van der Waals surface area contributed by atoms with Crippen LogP contribution in [0, 0.1) is 23.2 Å². The molecule has 1 aliphatic heterocycles. The lowest BCUT2D eigenvalue weighted by atomic mass is 10.2. The van der Waals surface area contributed by atoms with Gasteiger partial charge in [0.05, 0.1) is 0 Å². The zero-order valence-electron chi connectivity index (χ0n) is 9.84. The van der Waals surface area contributed by atoms with Gasteiger partial charge in [-0.15, -0.1) is 0 Å². The molecule has 0 aliphatic carbocycles. The molecule has 1 saturated heterocycles. The first kappa shape index (κ1) is 11.9. The second-order valence-corrected chi connectivity index (χ2v) is 4.20. The second-order valence-electron chi connectivity index (χ2n) is 4.20. The van der Waals surface area contributed by atoms with Crippen LogP contribution in [0.5, 0.6) is 0 Å². The van der Waals surface area contributed by atoms with E-state index in [0.717, 1.165) is 25.9 Å². The highest BCUT2D eigenvalue weighted by Gasteiger charge is 2.17. The number of rotatable bonds is 1. The molecule has 1 rings (SSSR count). The fourth-order valence-electron chi connectivity index (χ4n) is 1.48. The highest BCUT2D eigenvalue weighted by Crippen LogP contribution is 2.09. The molecule has 1 atom stereocenters. The Balaban J connectivity index is 2.34. The number of amidine groups is 1. The number of ether oxygens (including phenoxy) is 1. The molecule has 0 bridgehead atoms. The molecule has 0 spiro atoms. The summed E-state index contributed by atoms with van der Waals surface area (Å²) in [4.78, 5) is 1.97. The Morgan fingerprint density at radius 3 is 2.33 bits per heavy atom. The molecular weight excluding hydrogens is 188 g/mol. The van der Waals surface area contributed by atoms with Crippen molar-refractivity contribution in [2.75, 3.05) is 13.1 Å². The molecular formula is C12H20N2O. The third kappa shape index (κ3) is 4.24. The molecule has 3 nitrogen and oxygen atoms in total. The van der Waals surface area contributed by atoms with Crippen molar-refractivity contribution in [2.45, 2.75) is 39.7 Å². The summed E-state index contributed by atoms with van der Waals surface area (Å²) in [6.45, 7) is 7.88. The molecule has 0 radical (unpaired) electrons. The minimum absolute atomic E-state index is 0.180. The Morgan fingerprint density at radius 2 is 1.80 bits per heavy atom. The predicted octanol–water partition coefficient (Wildman–Crippen LogP) is 2.08. The van der Waals surface area contributed by atoms with Crippen molar-refractivity contribution >= 4 is 6.02 Å². The minimum atomic E-state index is -0.180. The van der Waals surface area contributed by atoms with E-state index >= 15 is 0 Å². The summed E-state index contributed by atoms with van der Waals surface area (Å²) >= 11 is 0. The van der Waals surface area contributed by atoms with Gasteiger partial charge >= 0.3 is 0 Å². The summed E-state index contributed by atoms with van der Waals surface area (Å²) in [6.07, 6.45) is 2.15. The Labute approximate surface area is 92.3 Å². The summed E-state index contributed by atoms with van der Waals surface area (Å²) in [5.41, 5.74) is 0. The van der Waals surface area contributed by atoms with E-state index in [9.17, 15) is 0 Å². The van der Waals surface area contributed by atoms with Crippen molar-refractivity contribution in [3.63, 3.8) is 0 Å². The third-order valence-corrected chi connectivity index (χ3v) is 2.26. The lowest BCUT2D eigenvalue weighted by molar-refractivity contribution is 0.211. The lowest BCUT2D eigenvalue weighted by Gasteiger charge is -2.19. The smallest absolute Gasteiger partial charge is 0.285 e. The van der Waals surface area contributed by atoms with E-state index in [4.69, 9.17) is 10.1 Å². The second kappa shape index (κ2) is 5.65. The summed E-state index contributed by atoms with van der Waals surface area (Å²) in [7, 11) is 0. The fraction of sp³-hybridized carbons (Fsp3) is 0.750. The molecule has 0 saturated carbocycles. The minimum Gasteiger partial charge on any atom is -0.449 e. The highest BCUT2D eigenvalue weighted by molar-refractivity contribution is 5.70. The molecule has 15 heavy (non-hydrogen) atoms. The maximum atomic E-state index is 7.74. The van der Waals surface area contributed by atoms with Crippen LogP contribution in [0.15, 0.2) is 0 Å². The average Bonchev–Trinajstić information content (AvgIpc) is 2.67. The molecule has 3 heteroatoms. The summed E-state index contributed by atoms with van der Waals surface area (Å²) in [5.74, 6) is 6.41. The molecule has 1 fully saturated rings. The first-order chi connectivity index (χ1) is 7.09. The van der Waals surface area contributed by atoms with Gasteiger partial charge in [-0.2, -0.15) is 0 Å². The largest absolute Gasteiger partial charge is 0.449 e. The number of likely N-dealkylation sites (tertiary alicyclic amines) is 1. The van der Waals surface area contributed by atoms with Crippen molar-refractivity contribution in [1.82, 2.24) is 4.90 Å². The molecule has 1 aliphatic rings. The van der Waals surface area contributed by atoms with Gasteiger partial charge in [-0.25, -0.2) is 0 Å². The number of hydrogen-bond donors (Lipinski definition) is 1. The van der Waals surface area contributed by atoms with Crippen molar-refractivity contribution in [3.8, 4) is 11.8 Å². The van der Waals surface area contributed by atoms with E-state index in [1.54, 1.807) is 0 Å².